The SMILES string of the molecule is O=S(=O)(NCc1ccnc(N2CCCCC2)n1)c1ccc(Br)cc1. The molecule has 1 aromatic heterocycles. The number of sulfonamides is 1. The molecule has 0 saturated carbocycles. The largest absolute Gasteiger partial charge is 0.341 e. The van der Waals surface area contributed by atoms with Crippen LogP contribution in [0.3, 0.4) is 0 Å². The number of nitrogens with one attached hydrogen (secondary N) is 1. The summed E-state index contributed by atoms with van der Waals surface area (Å²) in [7, 11) is -3.56. The Kier molecular flexibility index (Phi) is 5.47. The van der Waals surface area contributed by atoms with Crippen molar-refractivity contribution in [2.24, 2.45) is 0 Å². The maximum absolute atomic E-state index is 12.3. The van der Waals surface area contributed by atoms with Crippen molar-refractivity contribution in [3.05, 3.63) is 46.7 Å². The lowest BCUT2D eigenvalue weighted by Crippen LogP contribution is -2.31. The third-order valence-electron chi connectivity index (χ3n) is 3.91. The zero-order chi connectivity index (χ0) is 17.0. The van der Waals surface area contributed by atoms with E-state index in [2.05, 4.69) is 35.5 Å². The molecular formula is C16H19BrN4O2S. The number of aromatic nitrogens is 2. The molecule has 0 atom stereocenters. The summed E-state index contributed by atoms with van der Waals surface area (Å²) in [6.45, 7) is 2.05. The van der Waals surface area contributed by atoms with Crippen LogP contribution < -0.4 is 9.62 Å². The molecular weight excluding hydrogens is 392 g/mol. The first-order valence-electron chi connectivity index (χ1n) is 7.87. The first kappa shape index (κ1) is 17.3. The molecule has 1 aliphatic rings. The summed E-state index contributed by atoms with van der Waals surface area (Å²) in [6.07, 6.45) is 5.21. The van der Waals surface area contributed by atoms with Crippen molar-refractivity contribution < 1.29 is 8.42 Å². The number of anilines is 1. The highest BCUT2D eigenvalue weighted by Gasteiger charge is 2.16. The highest BCUT2D eigenvalue weighted by molar-refractivity contribution is 9.10. The highest BCUT2D eigenvalue weighted by atomic mass is 79.9. The molecule has 8 heteroatoms. The van der Waals surface area contributed by atoms with Gasteiger partial charge in [0.2, 0.25) is 16.0 Å². The smallest absolute Gasteiger partial charge is 0.240 e. The summed E-state index contributed by atoms with van der Waals surface area (Å²) in [5.74, 6) is 0.676. The molecule has 0 bridgehead atoms. The molecule has 2 heterocycles. The molecule has 1 saturated heterocycles. The van der Waals surface area contributed by atoms with Gasteiger partial charge in [0.05, 0.1) is 17.1 Å². The Bertz CT molecular complexity index is 790. The summed E-state index contributed by atoms with van der Waals surface area (Å²) in [6, 6.07) is 8.26. The van der Waals surface area contributed by atoms with E-state index in [4.69, 9.17) is 0 Å². The summed E-state index contributed by atoms with van der Waals surface area (Å²) in [5.41, 5.74) is 0.659. The van der Waals surface area contributed by atoms with Crippen molar-refractivity contribution in [3.8, 4) is 0 Å². The second-order valence-electron chi connectivity index (χ2n) is 5.67. The lowest BCUT2D eigenvalue weighted by atomic mass is 10.1. The van der Waals surface area contributed by atoms with Crippen LogP contribution in [0.25, 0.3) is 0 Å². The molecule has 2 aromatic rings. The third-order valence-corrected chi connectivity index (χ3v) is 5.85. The van der Waals surface area contributed by atoms with Crippen LogP contribution in [0.15, 0.2) is 45.9 Å². The van der Waals surface area contributed by atoms with E-state index < -0.39 is 10.0 Å². The van der Waals surface area contributed by atoms with Crippen LogP contribution in [-0.2, 0) is 16.6 Å². The van der Waals surface area contributed by atoms with Gasteiger partial charge in [0, 0.05) is 23.8 Å². The van der Waals surface area contributed by atoms with Crippen LogP contribution in [0.1, 0.15) is 25.0 Å². The average molecular weight is 411 g/mol. The lowest BCUT2D eigenvalue weighted by molar-refractivity contribution is 0.566. The Hall–Kier alpha value is -1.51. The number of piperidine rings is 1. The van der Waals surface area contributed by atoms with E-state index in [1.807, 2.05) is 0 Å². The fourth-order valence-corrected chi connectivity index (χ4v) is 3.86. The fourth-order valence-electron chi connectivity index (χ4n) is 2.60. The van der Waals surface area contributed by atoms with Crippen LogP contribution in [0.4, 0.5) is 5.95 Å². The van der Waals surface area contributed by atoms with Gasteiger partial charge in [-0.1, -0.05) is 15.9 Å². The van der Waals surface area contributed by atoms with E-state index in [1.165, 1.54) is 6.42 Å². The second kappa shape index (κ2) is 7.58. The van der Waals surface area contributed by atoms with E-state index in [9.17, 15) is 8.42 Å². The van der Waals surface area contributed by atoms with Crippen molar-refractivity contribution >= 4 is 31.9 Å². The molecule has 1 fully saturated rings. The fraction of sp³-hybridized carbons (Fsp3) is 0.375. The minimum atomic E-state index is -3.56. The molecule has 0 unspecified atom stereocenters. The van der Waals surface area contributed by atoms with Crippen LogP contribution in [0.5, 0.6) is 0 Å². The average Bonchev–Trinajstić information content (AvgIpc) is 2.61. The number of halogens is 1. The van der Waals surface area contributed by atoms with Crippen molar-refractivity contribution in [3.63, 3.8) is 0 Å². The molecule has 1 aliphatic heterocycles. The predicted octanol–water partition coefficient (Wildman–Crippen LogP) is 2.71. The molecule has 24 heavy (non-hydrogen) atoms. The van der Waals surface area contributed by atoms with Crippen LogP contribution in [0.2, 0.25) is 0 Å². The Labute approximate surface area is 150 Å². The molecule has 3 rings (SSSR count). The predicted molar refractivity (Wildman–Crippen MR) is 96.3 cm³/mol. The van der Waals surface area contributed by atoms with E-state index in [1.54, 1.807) is 36.5 Å². The summed E-state index contributed by atoms with van der Waals surface area (Å²) >= 11 is 3.30. The first-order valence-corrected chi connectivity index (χ1v) is 10.1. The molecule has 0 spiro atoms. The zero-order valence-electron chi connectivity index (χ0n) is 13.2. The lowest BCUT2D eigenvalue weighted by Gasteiger charge is -2.26. The molecule has 0 aliphatic carbocycles. The maximum atomic E-state index is 12.3. The van der Waals surface area contributed by atoms with Gasteiger partial charge < -0.3 is 4.90 Å². The second-order valence-corrected chi connectivity index (χ2v) is 8.36. The van der Waals surface area contributed by atoms with Gasteiger partial charge in [-0.3, -0.25) is 0 Å². The van der Waals surface area contributed by atoms with Gasteiger partial charge >= 0.3 is 0 Å². The topological polar surface area (TPSA) is 75.2 Å². The van der Waals surface area contributed by atoms with Crippen LogP contribution in [-0.4, -0.2) is 31.5 Å². The highest BCUT2D eigenvalue weighted by Crippen LogP contribution is 2.17. The van der Waals surface area contributed by atoms with E-state index >= 15 is 0 Å². The maximum Gasteiger partial charge on any atom is 0.240 e. The summed E-state index contributed by atoms with van der Waals surface area (Å²) in [4.78, 5) is 11.2. The van der Waals surface area contributed by atoms with Gasteiger partial charge in [-0.05, 0) is 49.6 Å². The van der Waals surface area contributed by atoms with Crippen molar-refractivity contribution in [2.75, 3.05) is 18.0 Å². The minimum absolute atomic E-state index is 0.141. The van der Waals surface area contributed by atoms with E-state index in [0.29, 0.717) is 11.6 Å². The van der Waals surface area contributed by atoms with E-state index in [0.717, 1.165) is 30.4 Å². The van der Waals surface area contributed by atoms with Gasteiger partial charge in [-0.2, -0.15) is 0 Å². The molecule has 0 radical (unpaired) electrons. The number of benzene rings is 1. The molecule has 128 valence electrons. The Balaban J connectivity index is 1.68. The quantitative estimate of drug-likeness (QED) is 0.819. The molecule has 6 nitrogen and oxygen atoms in total. The molecule has 1 N–H and O–H groups in total. The number of nitrogens with zero attached hydrogens (tertiary/aromatic N) is 3. The zero-order valence-corrected chi connectivity index (χ0v) is 15.6. The number of hydrogen-bond donors (Lipinski definition) is 1. The molecule has 0 amide bonds. The first-order chi connectivity index (χ1) is 11.5. The third kappa shape index (κ3) is 4.31. The Morgan fingerprint density at radius 1 is 1.08 bits per heavy atom. The van der Waals surface area contributed by atoms with E-state index in [-0.39, 0.29) is 11.4 Å². The Morgan fingerprint density at radius 2 is 1.79 bits per heavy atom. The molecule has 1 aromatic carbocycles. The van der Waals surface area contributed by atoms with Gasteiger partial charge in [0.25, 0.3) is 0 Å². The Morgan fingerprint density at radius 3 is 2.50 bits per heavy atom. The van der Waals surface area contributed by atoms with Gasteiger partial charge in [-0.15, -0.1) is 0 Å². The number of rotatable bonds is 5. The monoisotopic (exact) mass is 410 g/mol. The summed E-state index contributed by atoms with van der Waals surface area (Å²) in [5, 5.41) is 0. The van der Waals surface area contributed by atoms with Crippen molar-refractivity contribution in [1.82, 2.24) is 14.7 Å². The van der Waals surface area contributed by atoms with Gasteiger partial charge in [-0.25, -0.2) is 23.1 Å². The summed E-state index contributed by atoms with van der Waals surface area (Å²) < 4.78 is 28.1. The van der Waals surface area contributed by atoms with Crippen molar-refractivity contribution in [1.29, 1.82) is 0 Å². The minimum Gasteiger partial charge on any atom is -0.341 e. The number of hydrogen-bond acceptors (Lipinski definition) is 5. The van der Waals surface area contributed by atoms with Crippen LogP contribution in [0, 0.1) is 0 Å². The van der Waals surface area contributed by atoms with Crippen molar-refractivity contribution in [2.45, 2.75) is 30.7 Å². The normalized spacial score (nSPS) is 15.5. The van der Waals surface area contributed by atoms with Gasteiger partial charge in [0.1, 0.15) is 0 Å². The standard InChI is InChI=1S/C16H19BrN4O2S/c17-13-4-6-15(7-5-13)24(22,23)19-12-14-8-9-18-16(20-14)21-10-2-1-3-11-21/h4-9,19H,1-3,10-12H2. The van der Waals surface area contributed by atoms with Crippen LogP contribution >= 0.6 is 15.9 Å². The van der Waals surface area contributed by atoms with Gasteiger partial charge in [0.15, 0.2) is 0 Å².